The van der Waals surface area contributed by atoms with Crippen molar-refractivity contribution in [3.63, 3.8) is 0 Å². The third-order valence-electron chi connectivity index (χ3n) is 4.86. The molecule has 3 aromatic rings. The van der Waals surface area contributed by atoms with Crippen LogP contribution in [0.3, 0.4) is 0 Å². The molecule has 8 nitrogen and oxygen atoms in total. The fourth-order valence-corrected chi connectivity index (χ4v) is 3.62. The van der Waals surface area contributed by atoms with E-state index in [4.69, 9.17) is 16.1 Å². The summed E-state index contributed by atoms with van der Waals surface area (Å²) in [6.45, 7) is 2.81. The zero-order valence-corrected chi connectivity index (χ0v) is 15.9. The highest BCUT2D eigenvalue weighted by molar-refractivity contribution is 6.31. The number of halogens is 1. The van der Waals surface area contributed by atoms with Crippen LogP contribution >= 0.6 is 11.6 Å². The van der Waals surface area contributed by atoms with Crippen molar-refractivity contribution in [2.24, 2.45) is 0 Å². The number of aromatic amines is 1. The van der Waals surface area contributed by atoms with Crippen LogP contribution in [0, 0.1) is 6.92 Å². The first-order valence-corrected chi connectivity index (χ1v) is 9.33. The zero-order chi connectivity index (χ0) is 19.7. The third kappa shape index (κ3) is 3.55. The summed E-state index contributed by atoms with van der Waals surface area (Å²) in [7, 11) is 0. The van der Waals surface area contributed by atoms with Crippen LogP contribution in [-0.4, -0.2) is 44.0 Å². The maximum Gasteiger partial charge on any atom is 0.276 e. The molecule has 4 heterocycles. The number of aromatic nitrogens is 4. The van der Waals surface area contributed by atoms with Crippen molar-refractivity contribution < 1.29 is 9.32 Å². The Morgan fingerprint density at radius 1 is 1.29 bits per heavy atom. The Morgan fingerprint density at radius 2 is 2.00 bits per heavy atom. The first-order chi connectivity index (χ1) is 13.5. The van der Waals surface area contributed by atoms with Gasteiger partial charge in [0.25, 0.3) is 11.5 Å². The second-order valence-electron chi connectivity index (χ2n) is 6.74. The monoisotopic (exact) mass is 399 g/mol. The predicted molar refractivity (Wildman–Crippen MR) is 102 cm³/mol. The molecule has 1 saturated heterocycles. The Kier molecular flexibility index (Phi) is 4.95. The minimum atomic E-state index is -0.366. The van der Waals surface area contributed by atoms with Crippen LogP contribution in [0.2, 0.25) is 5.02 Å². The summed E-state index contributed by atoms with van der Waals surface area (Å²) in [5.41, 5.74) is 1.28. The molecular formula is C19H18ClN5O3. The Balaban J connectivity index is 1.54. The number of rotatable bonds is 3. The number of hydrogen-bond acceptors (Lipinski definition) is 6. The fourth-order valence-electron chi connectivity index (χ4n) is 3.38. The van der Waals surface area contributed by atoms with Gasteiger partial charge in [0, 0.05) is 43.0 Å². The smallest absolute Gasteiger partial charge is 0.276 e. The van der Waals surface area contributed by atoms with E-state index in [0.29, 0.717) is 48.9 Å². The molecular weight excluding hydrogens is 382 g/mol. The van der Waals surface area contributed by atoms with Gasteiger partial charge in [-0.3, -0.25) is 14.6 Å². The molecule has 0 radical (unpaired) electrons. The van der Waals surface area contributed by atoms with Gasteiger partial charge in [-0.25, -0.2) is 4.98 Å². The molecule has 1 fully saturated rings. The van der Waals surface area contributed by atoms with Crippen LogP contribution in [0.25, 0.3) is 11.4 Å². The zero-order valence-electron chi connectivity index (χ0n) is 15.2. The van der Waals surface area contributed by atoms with Gasteiger partial charge in [0.1, 0.15) is 16.6 Å². The molecule has 0 saturated carbocycles. The maximum absolute atomic E-state index is 12.5. The molecule has 1 aliphatic heterocycles. The molecule has 1 amide bonds. The number of H-pyrrole nitrogens is 1. The van der Waals surface area contributed by atoms with Crippen molar-refractivity contribution >= 4 is 17.5 Å². The van der Waals surface area contributed by atoms with Crippen molar-refractivity contribution in [2.75, 3.05) is 13.1 Å². The number of carbonyl (C=O) groups excluding carboxylic acids is 1. The molecule has 3 aromatic heterocycles. The molecule has 0 spiro atoms. The quantitative estimate of drug-likeness (QED) is 0.726. The summed E-state index contributed by atoms with van der Waals surface area (Å²) in [5.74, 6) is 0.904. The third-order valence-corrected chi connectivity index (χ3v) is 5.22. The minimum absolute atomic E-state index is 0.00141. The van der Waals surface area contributed by atoms with Crippen LogP contribution in [0.1, 0.15) is 40.7 Å². The van der Waals surface area contributed by atoms with Crippen molar-refractivity contribution in [3.05, 3.63) is 63.1 Å². The summed E-state index contributed by atoms with van der Waals surface area (Å²) in [4.78, 5) is 37.9. The molecule has 1 N–H and O–H groups in total. The lowest BCUT2D eigenvalue weighted by Crippen LogP contribution is -2.38. The van der Waals surface area contributed by atoms with Crippen LogP contribution in [0.4, 0.5) is 0 Å². The van der Waals surface area contributed by atoms with E-state index in [1.54, 1.807) is 42.4 Å². The van der Waals surface area contributed by atoms with Gasteiger partial charge in [0.15, 0.2) is 5.69 Å². The molecule has 0 bridgehead atoms. The fraction of sp³-hybridized carbons (Fsp3) is 0.316. The number of pyridine rings is 1. The van der Waals surface area contributed by atoms with Crippen LogP contribution in [0.5, 0.6) is 0 Å². The van der Waals surface area contributed by atoms with Crippen LogP contribution < -0.4 is 5.56 Å². The van der Waals surface area contributed by atoms with Gasteiger partial charge in [-0.1, -0.05) is 16.8 Å². The van der Waals surface area contributed by atoms with E-state index in [0.717, 1.165) is 5.56 Å². The number of nitrogens with zero attached hydrogens (tertiary/aromatic N) is 4. The number of likely N-dealkylation sites (tertiary alicyclic amines) is 1. The van der Waals surface area contributed by atoms with Gasteiger partial charge < -0.3 is 14.4 Å². The molecule has 0 atom stereocenters. The van der Waals surface area contributed by atoms with E-state index in [9.17, 15) is 9.59 Å². The average Bonchev–Trinajstić information content (AvgIpc) is 3.16. The van der Waals surface area contributed by atoms with E-state index in [-0.39, 0.29) is 22.4 Å². The highest BCUT2D eigenvalue weighted by Gasteiger charge is 2.29. The van der Waals surface area contributed by atoms with Crippen molar-refractivity contribution in [1.29, 1.82) is 0 Å². The molecule has 0 aliphatic carbocycles. The van der Waals surface area contributed by atoms with Crippen molar-refractivity contribution in [1.82, 2.24) is 25.0 Å². The molecule has 0 unspecified atom stereocenters. The second-order valence-corrected chi connectivity index (χ2v) is 7.12. The van der Waals surface area contributed by atoms with E-state index in [1.165, 1.54) is 0 Å². The van der Waals surface area contributed by atoms with E-state index < -0.39 is 0 Å². The van der Waals surface area contributed by atoms with Gasteiger partial charge in [-0.05, 0) is 31.9 Å². The van der Waals surface area contributed by atoms with Crippen molar-refractivity contribution in [2.45, 2.75) is 25.7 Å². The maximum atomic E-state index is 12.5. The summed E-state index contributed by atoms with van der Waals surface area (Å²) in [6, 6.07) is 5.18. The van der Waals surface area contributed by atoms with E-state index in [1.807, 2.05) is 0 Å². The number of hydrogen-bond donors (Lipinski definition) is 1. The van der Waals surface area contributed by atoms with E-state index in [2.05, 4.69) is 20.1 Å². The summed E-state index contributed by atoms with van der Waals surface area (Å²) < 4.78 is 4.98. The molecule has 1 aliphatic rings. The van der Waals surface area contributed by atoms with Gasteiger partial charge in [-0.2, -0.15) is 0 Å². The predicted octanol–water partition coefficient (Wildman–Crippen LogP) is 2.80. The van der Waals surface area contributed by atoms with Crippen LogP contribution in [-0.2, 0) is 0 Å². The lowest BCUT2D eigenvalue weighted by molar-refractivity contribution is 0.0701. The highest BCUT2D eigenvalue weighted by Crippen LogP contribution is 2.31. The molecule has 9 heteroatoms. The lowest BCUT2D eigenvalue weighted by atomic mass is 9.93. The number of piperidine rings is 1. The number of carbonyl (C=O) groups is 1. The van der Waals surface area contributed by atoms with Gasteiger partial charge in [0.2, 0.25) is 0 Å². The molecule has 144 valence electrons. The van der Waals surface area contributed by atoms with Crippen LogP contribution in [0.15, 0.2) is 39.9 Å². The highest BCUT2D eigenvalue weighted by atomic mass is 35.5. The van der Waals surface area contributed by atoms with Crippen molar-refractivity contribution in [3.8, 4) is 11.4 Å². The van der Waals surface area contributed by atoms with Gasteiger partial charge >= 0.3 is 0 Å². The summed E-state index contributed by atoms with van der Waals surface area (Å²) >= 11 is 6.26. The largest absolute Gasteiger partial charge is 0.361 e. The molecule has 28 heavy (non-hydrogen) atoms. The summed E-state index contributed by atoms with van der Waals surface area (Å²) in [5, 5.41) is 3.89. The first kappa shape index (κ1) is 18.4. The molecule has 4 rings (SSSR count). The Hall–Kier alpha value is -3.00. The summed E-state index contributed by atoms with van der Waals surface area (Å²) in [6.07, 6.45) is 4.60. The lowest BCUT2D eigenvalue weighted by Gasteiger charge is -2.31. The number of amides is 1. The van der Waals surface area contributed by atoms with Gasteiger partial charge in [-0.15, -0.1) is 0 Å². The first-order valence-electron chi connectivity index (χ1n) is 8.95. The average molecular weight is 400 g/mol. The Bertz CT molecular complexity index is 1050. The van der Waals surface area contributed by atoms with Gasteiger partial charge in [0.05, 0.1) is 5.69 Å². The Labute approximate surface area is 165 Å². The Morgan fingerprint density at radius 3 is 2.64 bits per heavy atom. The normalized spacial score (nSPS) is 15.0. The topological polar surface area (TPSA) is 105 Å². The number of aryl methyl sites for hydroxylation is 1. The van der Waals surface area contributed by atoms with E-state index >= 15 is 0 Å². The standard InChI is InChI=1S/C19H18ClN5O3/c1-11-10-14(24-28-11)19(27)25-8-4-12(5-9-25)16-15(20)18(26)23-17(22-16)13-2-6-21-7-3-13/h2-3,6-7,10,12H,4-5,8-9H2,1H3,(H,22,23,26). The molecule has 0 aromatic carbocycles. The minimum Gasteiger partial charge on any atom is -0.361 e. The second kappa shape index (κ2) is 7.55. The SMILES string of the molecule is Cc1cc(C(=O)N2CCC(c3nc(-c4ccncc4)[nH]c(=O)c3Cl)CC2)no1. The number of nitrogens with one attached hydrogen (secondary N) is 1.